The minimum Gasteiger partial charge on any atom is -0.468 e. The maximum atomic E-state index is 11.5. The molecule has 0 saturated carbocycles. The number of carbonyl (C=O) groups excluding carboxylic acids is 2. The first kappa shape index (κ1) is 14.9. The molecule has 0 aromatic rings. The van der Waals surface area contributed by atoms with E-state index in [0.29, 0.717) is 13.1 Å². The number of methoxy groups -OCH3 is 1. The Hall–Kier alpha value is -1.10. The van der Waals surface area contributed by atoms with E-state index in [1.165, 1.54) is 14.0 Å². The third kappa shape index (κ3) is 5.11. The fourth-order valence-corrected chi connectivity index (χ4v) is 1.18. The van der Waals surface area contributed by atoms with E-state index in [-0.39, 0.29) is 0 Å². The van der Waals surface area contributed by atoms with Crippen LogP contribution in [-0.2, 0) is 19.2 Å². The van der Waals surface area contributed by atoms with Crippen molar-refractivity contribution in [1.29, 1.82) is 0 Å². The van der Waals surface area contributed by atoms with Crippen LogP contribution in [-0.4, -0.2) is 37.2 Å². The van der Waals surface area contributed by atoms with Gasteiger partial charge in [-0.3, -0.25) is 4.79 Å². The monoisotopic (exact) mass is 231 g/mol. The third-order valence-electron chi connectivity index (χ3n) is 2.07. The van der Waals surface area contributed by atoms with Crippen LogP contribution in [0.5, 0.6) is 0 Å². The normalized spacial score (nSPS) is 12.3. The van der Waals surface area contributed by atoms with Crippen molar-refractivity contribution in [3.8, 4) is 0 Å². The van der Waals surface area contributed by atoms with Crippen molar-refractivity contribution in [2.75, 3.05) is 20.2 Å². The maximum Gasteiger partial charge on any atom is 0.338 e. The van der Waals surface area contributed by atoms with E-state index in [1.807, 2.05) is 13.8 Å². The Morgan fingerprint density at radius 2 is 1.62 bits per heavy atom. The van der Waals surface area contributed by atoms with Gasteiger partial charge in [0.25, 0.3) is 0 Å². The van der Waals surface area contributed by atoms with Crippen molar-refractivity contribution in [2.24, 2.45) is 5.92 Å². The molecule has 0 spiro atoms. The van der Waals surface area contributed by atoms with Crippen molar-refractivity contribution in [3.63, 3.8) is 0 Å². The SMILES string of the molecule is CCCN(CCC)OC(=O)C(C)C(=O)OC. The minimum absolute atomic E-state index is 0.561. The Morgan fingerprint density at radius 3 is 2.00 bits per heavy atom. The maximum absolute atomic E-state index is 11.5. The molecule has 0 N–H and O–H groups in total. The molecule has 94 valence electrons. The summed E-state index contributed by atoms with van der Waals surface area (Å²) in [6.07, 6.45) is 1.78. The first-order valence-corrected chi connectivity index (χ1v) is 5.61. The second-order valence-electron chi connectivity index (χ2n) is 3.58. The fraction of sp³-hybridized carbons (Fsp3) is 0.818. The van der Waals surface area contributed by atoms with Gasteiger partial charge in [-0.2, -0.15) is 0 Å². The first-order chi connectivity index (χ1) is 7.56. The van der Waals surface area contributed by atoms with Gasteiger partial charge >= 0.3 is 11.9 Å². The summed E-state index contributed by atoms with van der Waals surface area (Å²) in [5.41, 5.74) is 0. The fourth-order valence-electron chi connectivity index (χ4n) is 1.18. The summed E-state index contributed by atoms with van der Waals surface area (Å²) in [4.78, 5) is 27.8. The number of hydrogen-bond donors (Lipinski definition) is 0. The number of nitrogens with zero attached hydrogens (tertiary/aromatic N) is 1. The Morgan fingerprint density at radius 1 is 1.12 bits per heavy atom. The van der Waals surface area contributed by atoms with Crippen LogP contribution in [0.3, 0.4) is 0 Å². The molecule has 0 aromatic heterocycles. The van der Waals surface area contributed by atoms with Gasteiger partial charge in [-0.05, 0) is 19.8 Å². The molecule has 0 fully saturated rings. The average molecular weight is 231 g/mol. The number of rotatable bonds is 7. The lowest BCUT2D eigenvalue weighted by atomic mass is 10.2. The van der Waals surface area contributed by atoms with Crippen LogP contribution in [0, 0.1) is 5.92 Å². The van der Waals surface area contributed by atoms with Crippen molar-refractivity contribution < 1.29 is 19.2 Å². The largest absolute Gasteiger partial charge is 0.468 e. The molecule has 5 nitrogen and oxygen atoms in total. The molecule has 0 bridgehead atoms. The van der Waals surface area contributed by atoms with E-state index >= 15 is 0 Å². The molecule has 1 atom stereocenters. The molecule has 0 radical (unpaired) electrons. The van der Waals surface area contributed by atoms with Crippen LogP contribution in [0.1, 0.15) is 33.6 Å². The molecular weight excluding hydrogens is 210 g/mol. The van der Waals surface area contributed by atoms with E-state index in [9.17, 15) is 9.59 Å². The van der Waals surface area contributed by atoms with Crippen molar-refractivity contribution >= 4 is 11.9 Å². The van der Waals surface area contributed by atoms with Crippen LogP contribution < -0.4 is 0 Å². The Bertz CT molecular complexity index is 224. The number of hydrogen-bond acceptors (Lipinski definition) is 5. The first-order valence-electron chi connectivity index (χ1n) is 5.61. The lowest BCUT2D eigenvalue weighted by Crippen LogP contribution is -2.34. The molecule has 1 unspecified atom stereocenters. The second-order valence-corrected chi connectivity index (χ2v) is 3.58. The smallest absolute Gasteiger partial charge is 0.338 e. The Balaban J connectivity index is 4.21. The summed E-state index contributed by atoms with van der Waals surface area (Å²) in [5, 5.41) is 1.59. The molecule has 0 amide bonds. The standard InChI is InChI=1S/C11H21NO4/c1-5-7-12(8-6-2)16-11(14)9(3)10(13)15-4/h9H,5-8H2,1-4H3. The molecule has 0 heterocycles. The zero-order valence-electron chi connectivity index (χ0n) is 10.5. The highest BCUT2D eigenvalue weighted by Gasteiger charge is 2.25. The van der Waals surface area contributed by atoms with Gasteiger partial charge in [-0.15, -0.1) is 5.06 Å². The van der Waals surface area contributed by atoms with E-state index in [4.69, 9.17) is 4.84 Å². The van der Waals surface area contributed by atoms with Crippen LogP contribution in [0.25, 0.3) is 0 Å². The number of carbonyl (C=O) groups is 2. The van der Waals surface area contributed by atoms with Gasteiger partial charge in [0.05, 0.1) is 7.11 Å². The van der Waals surface area contributed by atoms with E-state index in [2.05, 4.69) is 4.74 Å². The molecule has 0 aliphatic rings. The van der Waals surface area contributed by atoms with Crippen molar-refractivity contribution in [1.82, 2.24) is 5.06 Å². The van der Waals surface area contributed by atoms with Crippen LogP contribution in [0.2, 0.25) is 0 Å². The summed E-state index contributed by atoms with van der Waals surface area (Å²) >= 11 is 0. The lowest BCUT2D eigenvalue weighted by Gasteiger charge is -2.21. The second kappa shape index (κ2) is 8.10. The number of ether oxygens (including phenoxy) is 1. The molecule has 0 aromatic carbocycles. The highest BCUT2D eigenvalue weighted by molar-refractivity contribution is 5.94. The number of esters is 1. The van der Waals surface area contributed by atoms with E-state index < -0.39 is 17.9 Å². The van der Waals surface area contributed by atoms with Crippen LogP contribution >= 0.6 is 0 Å². The van der Waals surface area contributed by atoms with Gasteiger partial charge in [0, 0.05) is 13.1 Å². The lowest BCUT2D eigenvalue weighted by molar-refractivity contribution is -0.197. The zero-order chi connectivity index (χ0) is 12.6. The quantitative estimate of drug-likeness (QED) is 0.376. The summed E-state index contributed by atoms with van der Waals surface area (Å²) in [6, 6.07) is 0. The topological polar surface area (TPSA) is 55.8 Å². The molecule has 0 aliphatic heterocycles. The van der Waals surface area contributed by atoms with Gasteiger partial charge in [0.15, 0.2) is 5.92 Å². The van der Waals surface area contributed by atoms with Gasteiger partial charge in [0.2, 0.25) is 0 Å². The molecule has 0 saturated heterocycles. The van der Waals surface area contributed by atoms with Gasteiger partial charge < -0.3 is 9.57 Å². The van der Waals surface area contributed by atoms with Crippen molar-refractivity contribution in [3.05, 3.63) is 0 Å². The molecule has 16 heavy (non-hydrogen) atoms. The Kier molecular flexibility index (Phi) is 7.54. The van der Waals surface area contributed by atoms with Gasteiger partial charge in [-0.25, -0.2) is 4.79 Å². The van der Waals surface area contributed by atoms with E-state index in [0.717, 1.165) is 12.8 Å². The zero-order valence-corrected chi connectivity index (χ0v) is 10.5. The molecule has 0 rings (SSSR count). The predicted molar refractivity (Wildman–Crippen MR) is 59.4 cm³/mol. The highest BCUT2D eigenvalue weighted by atomic mass is 16.7. The van der Waals surface area contributed by atoms with Crippen LogP contribution in [0.15, 0.2) is 0 Å². The van der Waals surface area contributed by atoms with Gasteiger partial charge in [0.1, 0.15) is 0 Å². The molecular formula is C11H21NO4. The Labute approximate surface area is 96.7 Å². The highest BCUT2D eigenvalue weighted by Crippen LogP contribution is 2.05. The molecule has 5 heteroatoms. The van der Waals surface area contributed by atoms with E-state index in [1.54, 1.807) is 5.06 Å². The summed E-state index contributed by atoms with van der Waals surface area (Å²) in [6.45, 7) is 6.83. The van der Waals surface area contributed by atoms with Crippen LogP contribution in [0.4, 0.5) is 0 Å². The van der Waals surface area contributed by atoms with Gasteiger partial charge in [-0.1, -0.05) is 13.8 Å². The van der Waals surface area contributed by atoms with Crippen molar-refractivity contribution in [2.45, 2.75) is 33.6 Å². The average Bonchev–Trinajstić information content (AvgIpc) is 2.27. The molecule has 0 aliphatic carbocycles. The third-order valence-corrected chi connectivity index (χ3v) is 2.07. The summed E-state index contributed by atoms with van der Waals surface area (Å²) < 4.78 is 4.48. The summed E-state index contributed by atoms with van der Waals surface area (Å²) in [5.74, 6) is -2.01. The number of hydroxylamine groups is 2. The summed E-state index contributed by atoms with van der Waals surface area (Å²) in [7, 11) is 1.25. The minimum atomic E-state index is -0.874. The predicted octanol–water partition coefficient (Wildman–Crippen LogP) is 1.38.